The van der Waals surface area contributed by atoms with E-state index in [2.05, 4.69) is 9.83 Å². The van der Waals surface area contributed by atoms with Gasteiger partial charge in [-0.05, 0) is 36.6 Å². The molecule has 2 rings (SSSR count). The number of nitrogens with one attached hydrogen (secondary N) is 1. The molecule has 2 aromatic rings. The molecule has 0 aliphatic carbocycles. The Morgan fingerprint density at radius 2 is 2.04 bits per heavy atom. The molecule has 0 bridgehead atoms. The zero-order valence-corrected chi connectivity index (χ0v) is 15.5. The fourth-order valence-corrected chi connectivity index (χ4v) is 3.00. The molecule has 1 aromatic heterocycles. The van der Waals surface area contributed by atoms with Gasteiger partial charge in [-0.15, -0.1) is 0 Å². The summed E-state index contributed by atoms with van der Waals surface area (Å²) in [6.07, 6.45) is 0.379. The average Bonchev–Trinajstić information content (AvgIpc) is 2.61. The number of nitrogens with zero attached hydrogens (tertiary/aromatic N) is 3. The Balaban J connectivity index is 2.76. The standard InChI is InChI=1S/C20H20N4O3/c1-12(2)16-17(18(25)15-9-13(3)8-14(10-15)11-21)24(7-5-6-22-4)20(27)23-19(16)26/h8-10,12H,5-7H2,1-3H3,(H,23,26,27). The summed E-state index contributed by atoms with van der Waals surface area (Å²) < 4.78 is 1.23. The van der Waals surface area contributed by atoms with Crippen molar-refractivity contribution in [2.24, 2.45) is 0 Å². The second-order valence-electron chi connectivity index (χ2n) is 6.59. The highest BCUT2D eigenvalue weighted by Crippen LogP contribution is 2.20. The van der Waals surface area contributed by atoms with E-state index in [1.165, 1.54) is 10.6 Å². The first-order valence-corrected chi connectivity index (χ1v) is 8.56. The van der Waals surface area contributed by atoms with E-state index in [4.69, 9.17) is 11.8 Å². The number of hydrogen-bond acceptors (Lipinski definition) is 4. The summed E-state index contributed by atoms with van der Waals surface area (Å²) in [6.45, 7) is 12.6. The highest BCUT2D eigenvalue weighted by Gasteiger charge is 2.24. The first-order valence-electron chi connectivity index (χ1n) is 8.56. The zero-order valence-electron chi connectivity index (χ0n) is 15.5. The lowest BCUT2D eigenvalue weighted by atomic mass is 9.95. The summed E-state index contributed by atoms with van der Waals surface area (Å²) in [5, 5.41) is 9.17. The number of rotatable bonds is 6. The van der Waals surface area contributed by atoms with Crippen LogP contribution in [-0.2, 0) is 6.54 Å². The van der Waals surface area contributed by atoms with Crippen LogP contribution in [0.25, 0.3) is 4.85 Å². The summed E-state index contributed by atoms with van der Waals surface area (Å²) in [4.78, 5) is 43.6. The summed E-state index contributed by atoms with van der Waals surface area (Å²) in [6, 6.07) is 6.74. The number of H-pyrrole nitrogens is 1. The molecule has 0 unspecified atom stereocenters. The first kappa shape index (κ1) is 19.9. The minimum Gasteiger partial charge on any atom is -0.317 e. The van der Waals surface area contributed by atoms with Gasteiger partial charge in [0, 0.05) is 24.1 Å². The molecule has 0 aliphatic rings. The lowest BCUT2D eigenvalue weighted by Crippen LogP contribution is -2.38. The van der Waals surface area contributed by atoms with Crippen LogP contribution in [0.2, 0.25) is 0 Å². The molecule has 0 atom stereocenters. The van der Waals surface area contributed by atoms with Crippen molar-refractivity contribution in [3.05, 3.63) is 78.4 Å². The van der Waals surface area contributed by atoms with E-state index in [0.29, 0.717) is 12.0 Å². The van der Waals surface area contributed by atoms with Gasteiger partial charge in [0.2, 0.25) is 12.3 Å². The quantitative estimate of drug-likeness (QED) is 0.483. The molecule has 27 heavy (non-hydrogen) atoms. The third kappa shape index (κ3) is 4.21. The third-order valence-electron chi connectivity index (χ3n) is 4.15. The van der Waals surface area contributed by atoms with Crippen LogP contribution in [0, 0.1) is 24.8 Å². The van der Waals surface area contributed by atoms with Gasteiger partial charge >= 0.3 is 5.69 Å². The molecule has 0 amide bonds. The van der Waals surface area contributed by atoms with Crippen molar-refractivity contribution in [3.63, 3.8) is 0 Å². The van der Waals surface area contributed by atoms with E-state index in [9.17, 15) is 14.4 Å². The number of ketones is 1. The van der Waals surface area contributed by atoms with Crippen LogP contribution in [-0.4, -0.2) is 21.9 Å². The van der Waals surface area contributed by atoms with Gasteiger partial charge < -0.3 is 4.85 Å². The van der Waals surface area contributed by atoms with Crippen molar-refractivity contribution in [1.29, 1.82) is 5.26 Å². The number of aromatic nitrogens is 2. The molecule has 7 heteroatoms. The third-order valence-corrected chi connectivity index (χ3v) is 4.15. The Morgan fingerprint density at radius 1 is 1.33 bits per heavy atom. The maximum atomic E-state index is 13.3. The van der Waals surface area contributed by atoms with Gasteiger partial charge in [-0.25, -0.2) is 11.4 Å². The van der Waals surface area contributed by atoms with Gasteiger partial charge in [-0.3, -0.25) is 19.1 Å². The Morgan fingerprint density at radius 3 is 2.63 bits per heavy atom. The highest BCUT2D eigenvalue weighted by atomic mass is 16.2. The predicted octanol–water partition coefficient (Wildman–Crippen LogP) is 2.38. The molecule has 0 saturated carbocycles. The molecular weight excluding hydrogens is 344 g/mol. The Kier molecular flexibility index (Phi) is 6.10. The number of hydrogen-bond donors (Lipinski definition) is 1. The van der Waals surface area contributed by atoms with E-state index < -0.39 is 17.0 Å². The van der Waals surface area contributed by atoms with Gasteiger partial charge in [0.1, 0.15) is 5.69 Å². The maximum Gasteiger partial charge on any atom is 0.328 e. The Labute approximate surface area is 156 Å². The van der Waals surface area contributed by atoms with Crippen molar-refractivity contribution >= 4 is 5.78 Å². The van der Waals surface area contributed by atoms with Crippen LogP contribution in [0.5, 0.6) is 0 Å². The Hall–Kier alpha value is -3.45. The fraction of sp³-hybridized carbons (Fsp3) is 0.350. The van der Waals surface area contributed by atoms with Crippen LogP contribution >= 0.6 is 0 Å². The molecule has 138 valence electrons. The maximum absolute atomic E-state index is 13.3. The van der Waals surface area contributed by atoms with Crippen LogP contribution in [0.15, 0.2) is 27.8 Å². The molecule has 1 aromatic carbocycles. The number of nitriles is 1. The predicted molar refractivity (Wildman–Crippen MR) is 101 cm³/mol. The first-order chi connectivity index (χ1) is 12.8. The van der Waals surface area contributed by atoms with Crippen molar-refractivity contribution in [3.8, 4) is 6.07 Å². The summed E-state index contributed by atoms with van der Waals surface area (Å²) in [5.74, 6) is -0.773. The topological polar surface area (TPSA) is 100 Å². The molecule has 0 spiro atoms. The number of benzene rings is 1. The Bertz CT molecular complexity index is 1080. The second kappa shape index (κ2) is 8.29. The number of carbonyl (C=O) groups is 1. The smallest absolute Gasteiger partial charge is 0.317 e. The number of aromatic amines is 1. The van der Waals surface area contributed by atoms with Crippen molar-refractivity contribution in [2.75, 3.05) is 6.54 Å². The summed E-state index contributed by atoms with van der Waals surface area (Å²) in [7, 11) is 0. The van der Waals surface area contributed by atoms with E-state index in [1.807, 2.05) is 6.07 Å². The highest BCUT2D eigenvalue weighted by molar-refractivity contribution is 6.09. The molecule has 0 fully saturated rings. The molecule has 1 heterocycles. The van der Waals surface area contributed by atoms with Crippen LogP contribution in [0.3, 0.4) is 0 Å². The average molecular weight is 364 g/mol. The van der Waals surface area contributed by atoms with E-state index in [0.717, 1.165) is 5.56 Å². The molecule has 0 radical (unpaired) electrons. The SMILES string of the molecule is [C-]#[N+]CCCn1c(C(=O)c2cc(C)cc(C#N)c2)c(C(C)C)c(=O)[nH]c1=O. The molecular formula is C20H20N4O3. The number of carbonyl (C=O) groups excluding carboxylic acids is 1. The lowest BCUT2D eigenvalue weighted by Gasteiger charge is -2.17. The van der Waals surface area contributed by atoms with E-state index in [1.54, 1.807) is 32.9 Å². The van der Waals surface area contributed by atoms with Gasteiger partial charge in [0.25, 0.3) is 5.56 Å². The normalized spacial score (nSPS) is 10.4. The lowest BCUT2D eigenvalue weighted by molar-refractivity contribution is 0.102. The second-order valence-corrected chi connectivity index (χ2v) is 6.59. The van der Waals surface area contributed by atoms with Crippen molar-refractivity contribution in [2.45, 2.75) is 39.7 Å². The van der Waals surface area contributed by atoms with Crippen LogP contribution < -0.4 is 11.2 Å². The zero-order chi connectivity index (χ0) is 20.1. The molecule has 7 nitrogen and oxygen atoms in total. The molecule has 0 aliphatic heterocycles. The van der Waals surface area contributed by atoms with Crippen molar-refractivity contribution in [1.82, 2.24) is 9.55 Å². The van der Waals surface area contributed by atoms with Gasteiger partial charge in [-0.1, -0.05) is 13.8 Å². The van der Waals surface area contributed by atoms with Crippen LogP contribution in [0.4, 0.5) is 0 Å². The molecule has 1 N–H and O–H groups in total. The van der Waals surface area contributed by atoms with E-state index in [-0.39, 0.29) is 35.8 Å². The van der Waals surface area contributed by atoms with Crippen LogP contribution in [0.1, 0.15) is 58.9 Å². The monoisotopic (exact) mass is 364 g/mol. The summed E-state index contributed by atoms with van der Waals surface area (Å²) >= 11 is 0. The number of aryl methyl sites for hydroxylation is 1. The van der Waals surface area contributed by atoms with Crippen molar-refractivity contribution < 1.29 is 4.79 Å². The minimum atomic E-state index is -0.675. The largest absolute Gasteiger partial charge is 0.328 e. The van der Waals surface area contributed by atoms with Gasteiger partial charge in [-0.2, -0.15) is 5.26 Å². The molecule has 0 saturated heterocycles. The minimum absolute atomic E-state index is 0.0261. The van der Waals surface area contributed by atoms with Gasteiger partial charge in [0.15, 0.2) is 0 Å². The van der Waals surface area contributed by atoms with E-state index >= 15 is 0 Å². The van der Waals surface area contributed by atoms with Gasteiger partial charge in [0.05, 0.1) is 11.6 Å². The summed E-state index contributed by atoms with van der Waals surface area (Å²) in [5.41, 5.74) is 0.295. The fourth-order valence-electron chi connectivity index (χ4n) is 3.00.